The van der Waals surface area contributed by atoms with E-state index in [0.717, 1.165) is 30.7 Å². The van der Waals surface area contributed by atoms with E-state index in [1.54, 1.807) is 0 Å². The van der Waals surface area contributed by atoms with Gasteiger partial charge >= 0.3 is 0 Å². The van der Waals surface area contributed by atoms with Crippen molar-refractivity contribution in [3.05, 3.63) is 34.3 Å². The van der Waals surface area contributed by atoms with Crippen LogP contribution in [0.2, 0.25) is 0 Å². The van der Waals surface area contributed by atoms with Gasteiger partial charge in [0, 0.05) is 36.7 Å². The molecule has 2 nitrogen and oxygen atoms in total. The maximum absolute atomic E-state index is 3.49. The molecule has 1 N–H and O–H groups in total. The average molecular weight is 356 g/mol. The van der Waals surface area contributed by atoms with Gasteiger partial charge in [0.1, 0.15) is 0 Å². The van der Waals surface area contributed by atoms with Gasteiger partial charge in [0.2, 0.25) is 0 Å². The van der Waals surface area contributed by atoms with Crippen LogP contribution in [0.3, 0.4) is 0 Å². The normalized spacial score (nSPS) is 17.4. The zero-order valence-corrected chi connectivity index (χ0v) is 13.8. The number of piperazine rings is 1. The van der Waals surface area contributed by atoms with Crippen LogP contribution in [0.25, 0.3) is 0 Å². The third-order valence-electron chi connectivity index (χ3n) is 3.23. The molecule has 1 aromatic rings. The summed E-state index contributed by atoms with van der Waals surface area (Å²) in [6.07, 6.45) is 1.18. The first-order valence-electron chi connectivity index (χ1n) is 6.01. The molecule has 0 aromatic heterocycles. The second kappa shape index (κ2) is 9.16. The molecule has 1 fully saturated rings. The molecule has 18 heavy (non-hydrogen) atoms. The number of hydrogen-bond acceptors (Lipinski definition) is 2. The zero-order chi connectivity index (χ0) is 11.4. The highest BCUT2D eigenvalue weighted by atomic mass is 79.9. The predicted molar refractivity (Wildman–Crippen MR) is 86.1 cm³/mol. The Kier molecular flexibility index (Phi) is 9.26. The molecule has 0 radical (unpaired) electrons. The van der Waals surface area contributed by atoms with Crippen molar-refractivity contribution in [3.8, 4) is 0 Å². The zero-order valence-electron chi connectivity index (χ0n) is 10.6. The van der Waals surface area contributed by atoms with Gasteiger partial charge in [-0.25, -0.2) is 0 Å². The minimum atomic E-state index is 0. The first-order valence-corrected chi connectivity index (χ1v) is 6.81. The highest BCUT2D eigenvalue weighted by Crippen LogP contribution is 2.25. The summed E-state index contributed by atoms with van der Waals surface area (Å²) in [7, 11) is 0. The van der Waals surface area contributed by atoms with Gasteiger partial charge in [0.15, 0.2) is 0 Å². The van der Waals surface area contributed by atoms with Crippen molar-refractivity contribution >= 4 is 40.7 Å². The van der Waals surface area contributed by atoms with Crippen molar-refractivity contribution in [2.45, 2.75) is 19.4 Å². The third kappa shape index (κ3) is 4.71. The number of nitrogens with zero attached hydrogens (tertiary/aromatic N) is 1. The molecule has 0 spiro atoms. The van der Waals surface area contributed by atoms with Crippen molar-refractivity contribution in [2.24, 2.45) is 0 Å². The van der Waals surface area contributed by atoms with Gasteiger partial charge in [0.05, 0.1) is 0 Å². The van der Waals surface area contributed by atoms with Gasteiger partial charge in [-0.1, -0.05) is 35.0 Å². The lowest BCUT2D eigenvalue weighted by Crippen LogP contribution is -2.45. The van der Waals surface area contributed by atoms with Crippen LogP contribution >= 0.6 is 40.7 Å². The van der Waals surface area contributed by atoms with E-state index in [1.165, 1.54) is 12.0 Å². The first kappa shape index (κ1) is 18.2. The highest BCUT2D eigenvalue weighted by Gasteiger charge is 2.19. The molecule has 1 atom stereocenters. The summed E-state index contributed by atoms with van der Waals surface area (Å²) in [5, 5.41) is 3.41. The largest absolute Gasteiger partial charge is 0.314 e. The molecule has 2 rings (SSSR count). The van der Waals surface area contributed by atoms with Crippen molar-refractivity contribution in [1.29, 1.82) is 0 Å². The number of halogens is 3. The molecule has 1 heterocycles. The Bertz CT molecular complexity index is 326. The molecular weight excluding hydrogens is 335 g/mol. The number of rotatable bonds is 3. The van der Waals surface area contributed by atoms with E-state index in [0.29, 0.717) is 6.04 Å². The van der Waals surface area contributed by atoms with Crippen LogP contribution < -0.4 is 5.32 Å². The van der Waals surface area contributed by atoms with Gasteiger partial charge in [-0.05, 0) is 24.1 Å². The summed E-state index contributed by atoms with van der Waals surface area (Å²) in [6.45, 7) is 6.83. The fraction of sp³-hybridized carbons (Fsp3) is 0.538. The van der Waals surface area contributed by atoms with Gasteiger partial charge in [-0.3, -0.25) is 4.90 Å². The Morgan fingerprint density at radius 2 is 1.72 bits per heavy atom. The van der Waals surface area contributed by atoms with Crippen LogP contribution in [0.1, 0.15) is 24.9 Å². The second-order valence-corrected chi connectivity index (χ2v) is 5.18. The van der Waals surface area contributed by atoms with Crippen LogP contribution in [0.5, 0.6) is 0 Å². The van der Waals surface area contributed by atoms with E-state index < -0.39 is 0 Å². The predicted octanol–water partition coefficient (Wildman–Crippen LogP) is 3.65. The Hall–Kier alpha value is 0.200. The lowest BCUT2D eigenvalue weighted by Gasteiger charge is -2.34. The molecule has 1 saturated heterocycles. The number of nitrogens with one attached hydrogen (secondary N) is 1. The Labute approximate surface area is 130 Å². The Morgan fingerprint density at radius 1 is 1.17 bits per heavy atom. The van der Waals surface area contributed by atoms with E-state index >= 15 is 0 Å². The summed E-state index contributed by atoms with van der Waals surface area (Å²) in [5.74, 6) is 0. The molecule has 1 aliphatic heterocycles. The molecule has 0 saturated carbocycles. The summed E-state index contributed by atoms with van der Waals surface area (Å²) in [6, 6.07) is 9.33. The minimum Gasteiger partial charge on any atom is -0.314 e. The van der Waals surface area contributed by atoms with Crippen LogP contribution in [0, 0.1) is 0 Å². The van der Waals surface area contributed by atoms with E-state index in [9.17, 15) is 0 Å². The van der Waals surface area contributed by atoms with Gasteiger partial charge in [-0.2, -0.15) is 0 Å². The topological polar surface area (TPSA) is 15.3 Å². The summed E-state index contributed by atoms with van der Waals surface area (Å²) in [4.78, 5) is 2.58. The molecule has 104 valence electrons. The van der Waals surface area contributed by atoms with Crippen molar-refractivity contribution in [3.63, 3.8) is 0 Å². The van der Waals surface area contributed by atoms with E-state index in [4.69, 9.17) is 0 Å². The average Bonchev–Trinajstić information content (AvgIpc) is 2.34. The second-order valence-electron chi connectivity index (χ2n) is 4.26. The maximum atomic E-state index is 3.49. The minimum absolute atomic E-state index is 0. The standard InChI is InChI=1S/C13H19BrN2.2ClH/c1-2-13(16-9-7-15-8-10-16)11-3-5-12(14)6-4-11;;/h3-6,13,15H,2,7-10H2,1H3;2*1H/t13-;;/m1../s1. The molecule has 5 heteroatoms. The molecule has 1 aromatic carbocycles. The maximum Gasteiger partial charge on any atom is 0.0346 e. The monoisotopic (exact) mass is 354 g/mol. The van der Waals surface area contributed by atoms with Crippen LogP contribution in [-0.4, -0.2) is 31.1 Å². The summed E-state index contributed by atoms with van der Waals surface area (Å²) >= 11 is 3.49. The van der Waals surface area contributed by atoms with Gasteiger partial charge in [0.25, 0.3) is 0 Å². The fourth-order valence-corrected chi connectivity index (χ4v) is 2.65. The number of hydrogen-bond donors (Lipinski definition) is 1. The lowest BCUT2D eigenvalue weighted by atomic mass is 10.0. The molecule has 0 aliphatic carbocycles. The fourth-order valence-electron chi connectivity index (χ4n) is 2.38. The highest BCUT2D eigenvalue weighted by molar-refractivity contribution is 9.10. The van der Waals surface area contributed by atoms with Crippen LogP contribution in [0.15, 0.2) is 28.7 Å². The SMILES string of the molecule is CC[C@H](c1ccc(Br)cc1)N1CCNCC1.Cl.Cl. The molecular formula is C13H21BrCl2N2. The summed E-state index contributed by atoms with van der Waals surface area (Å²) in [5.41, 5.74) is 1.44. The lowest BCUT2D eigenvalue weighted by molar-refractivity contribution is 0.169. The molecule has 1 aliphatic rings. The third-order valence-corrected chi connectivity index (χ3v) is 3.76. The Balaban J connectivity index is 0.00000144. The smallest absolute Gasteiger partial charge is 0.0346 e. The van der Waals surface area contributed by atoms with Crippen molar-refractivity contribution in [2.75, 3.05) is 26.2 Å². The van der Waals surface area contributed by atoms with Crippen LogP contribution in [0.4, 0.5) is 0 Å². The Morgan fingerprint density at radius 3 is 2.22 bits per heavy atom. The molecule has 0 bridgehead atoms. The summed E-state index contributed by atoms with van der Waals surface area (Å²) < 4.78 is 1.16. The molecule has 0 amide bonds. The van der Waals surface area contributed by atoms with E-state index in [2.05, 4.69) is 57.3 Å². The van der Waals surface area contributed by atoms with Gasteiger partial charge < -0.3 is 5.32 Å². The van der Waals surface area contributed by atoms with Crippen molar-refractivity contribution < 1.29 is 0 Å². The van der Waals surface area contributed by atoms with Crippen molar-refractivity contribution in [1.82, 2.24) is 10.2 Å². The van der Waals surface area contributed by atoms with Crippen LogP contribution in [-0.2, 0) is 0 Å². The first-order chi connectivity index (χ1) is 7.81. The molecule has 0 unspecified atom stereocenters. The van der Waals surface area contributed by atoms with Gasteiger partial charge in [-0.15, -0.1) is 24.8 Å². The van der Waals surface area contributed by atoms with E-state index in [1.807, 2.05) is 0 Å². The number of benzene rings is 1. The van der Waals surface area contributed by atoms with E-state index in [-0.39, 0.29) is 24.8 Å². The quantitative estimate of drug-likeness (QED) is 0.890.